The normalized spacial score (nSPS) is 10.8. The van der Waals surface area contributed by atoms with Crippen molar-refractivity contribution in [2.24, 2.45) is 0 Å². The Balaban J connectivity index is 2.03. The van der Waals surface area contributed by atoms with Gasteiger partial charge in [-0.05, 0) is 23.8 Å². The molecule has 0 unspecified atom stereocenters. The van der Waals surface area contributed by atoms with Crippen LogP contribution < -0.4 is 0 Å². The topological polar surface area (TPSA) is 77.5 Å². The van der Waals surface area contributed by atoms with E-state index in [0.717, 1.165) is 5.56 Å². The maximum Gasteiger partial charge on any atom is 0.292 e. The molecule has 0 aliphatic rings. The molecule has 0 spiro atoms. The summed E-state index contributed by atoms with van der Waals surface area (Å²) in [4.78, 5) is 0. The molecule has 100 valence electrons. The molecule has 3 rings (SSSR count). The summed E-state index contributed by atoms with van der Waals surface area (Å²) in [5.41, 5.74) is 2.01. The monoisotopic (exact) mass is 267 g/mol. The van der Waals surface area contributed by atoms with E-state index in [1.165, 1.54) is 12.1 Å². The van der Waals surface area contributed by atoms with E-state index >= 15 is 0 Å². The highest BCUT2D eigenvalue weighted by molar-refractivity contribution is 6.11. The summed E-state index contributed by atoms with van der Waals surface area (Å²) in [6.45, 7) is 0. The smallest absolute Gasteiger partial charge is 0.292 e. The SMILES string of the molecule is N=C(Cc1ccccc1)c1c(O)oc2ccc(O)cc12. The number of benzene rings is 2. The minimum atomic E-state index is -0.286. The number of hydrogen-bond acceptors (Lipinski definition) is 4. The van der Waals surface area contributed by atoms with Crippen molar-refractivity contribution in [3.8, 4) is 11.7 Å². The van der Waals surface area contributed by atoms with Gasteiger partial charge in [0.2, 0.25) is 0 Å². The van der Waals surface area contributed by atoms with Gasteiger partial charge >= 0.3 is 0 Å². The number of furan rings is 1. The van der Waals surface area contributed by atoms with Crippen LogP contribution in [0.1, 0.15) is 11.1 Å². The van der Waals surface area contributed by atoms with Crippen molar-refractivity contribution in [3.05, 3.63) is 59.7 Å². The molecule has 1 heterocycles. The molecule has 0 aliphatic heterocycles. The van der Waals surface area contributed by atoms with Gasteiger partial charge in [-0.2, -0.15) is 0 Å². The van der Waals surface area contributed by atoms with E-state index in [1.807, 2.05) is 30.3 Å². The molecule has 20 heavy (non-hydrogen) atoms. The van der Waals surface area contributed by atoms with E-state index in [9.17, 15) is 10.2 Å². The second-order valence-corrected chi connectivity index (χ2v) is 4.60. The Kier molecular flexibility index (Phi) is 2.91. The number of hydrogen-bond donors (Lipinski definition) is 3. The van der Waals surface area contributed by atoms with Crippen molar-refractivity contribution in [2.45, 2.75) is 6.42 Å². The largest absolute Gasteiger partial charge is 0.508 e. The molecular formula is C16H13NO3. The van der Waals surface area contributed by atoms with Crippen LogP contribution in [-0.4, -0.2) is 15.9 Å². The summed E-state index contributed by atoms with van der Waals surface area (Å²) in [6, 6.07) is 14.1. The molecule has 3 N–H and O–H groups in total. The fourth-order valence-electron chi connectivity index (χ4n) is 2.25. The number of rotatable bonds is 3. The van der Waals surface area contributed by atoms with Crippen LogP contribution in [-0.2, 0) is 6.42 Å². The summed E-state index contributed by atoms with van der Waals surface area (Å²) in [5.74, 6) is -0.210. The van der Waals surface area contributed by atoms with Gasteiger partial charge in [0.15, 0.2) is 0 Å². The quantitative estimate of drug-likeness (QED) is 0.636. The predicted molar refractivity (Wildman–Crippen MR) is 76.5 cm³/mol. The molecule has 3 aromatic rings. The maximum atomic E-state index is 9.88. The van der Waals surface area contributed by atoms with Crippen molar-refractivity contribution >= 4 is 16.7 Å². The molecule has 0 bridgehead atoms. The first-order valence-corrected chi connectivity index (χ1v) is 6.21. The molecule has 0 saturated carbocycles. The third-order valence-corrected chi connectivity index (χ3v) is 3.18. The van der Waals surface area contributed by atoms with Crippen LogP contribution >= 0.6 is 0 Å². The zero-order valence-corrected chi connectivity index (χ0v) is 10.6. The molecule has 1 aromatic heterocycles. The minimum Gasteiger partial charge on any atom is -0.508 e. The van der Waals surface area contributed by atoms with Gasteiger partial charge in [0.25, 0.3) is 5.95 Å². The lowest BCUT2D eigenvalue weighted by atomic mass is 10.0. The zero-order chi connectivity index (χ0) is 14.1. The van der Waals surface area contributed by atoms with Gasteiger partial charge in [0, 0.05) is 11.8 Å². The van der Waals surface area contributed by atoms with Crippen LogP contribution in [0.15, 0.2) is 52.9 Å². The highest BCUT2D eigenvalue weighted by atomic mass is 16.5. The molecule has 0 atom stereocenters. The number of fused-ring (bicyclic) bond motifs is 1. The first-order valence-electron chi connectivity index (χ1n) is 6.21. The molecule has 4 nitrogen and oxygen atoms in total. The second-order valence-electron chi connectivity index (χ2n) is 4.60. The van der Waals surface area contributed by atoms with Crippen molar-refractivity contribution in [2.75, 3.05) is 0 Å². The third kappa shape index (κ3) is 2.12. The van der Waals surface area contributed by atoms with E-state index in [-0.39, 0.29) is 17.4 Å². The lowest BCUT2D eigenvalue weighted by molar-refractivity contribution is 0.345. The highest BCUT2D eigenvalue weighted by Crippen LogP contribution is 2.33. The van der Waals surface area contributed by atoms with Gasteiger partial charge in [-0.3, -0.25) is 0 Å². The summed E-state index contributed by atoms with van der Waals surface area (Å²) in [6.07, 6.45) is 0.388. The molecule has 2 aromatic carbocycles. The Hall–Kier alpha value is -2.75. The van der Waals surface area contributed by atoms with Crippen LogP contribution in [0, 0.1) is 5.41 Å². The van der Waals surface area contributed by atoms with Gasteiger partial charge < -0.3 is 20.0 Å². The van der Waals surface area contributed by atoms with Crippen molar-refractivity contribution in [3.63, 3.8) is 0 Å². The molecule has 0 fully saturated rings. The standard InChI is InChI=1S/C16H13NO3/c17-13(8-10-4-2-1-3-5-10)15-12-9-11(18)6-7-14(12)20-16(15)19/h1-7,9,17-19H,8H2. The number of phenols is 1. The first kappa shape index (κ1) is 12.3. The average Bonchev–Trinajstić information content (AvgIpc) is 2.75. The first-order chi connectivity index (χ1) is 9.65. The van der Waals surface area contributed by atoms with Crippen LogP contribution in [0.4, 0.5) is 0 Å². The van der Waals surface area contributed by atoms with E-state index in [4.69, 9.17) is 9.83 Å². The lowest BCUT2D eigenvalue weighted by Gasteiger charge is -2.03. The van der Waals surface area contributed by atoms with Gasteiger partial charge in [0.05, 0.1) is 11.3 Å². The number of phenolic OH excluding ortho intramolecular Hbond substituents is 1. The van der Waals surface area contributed by atoms with Crippen LogP contribution in [0.3, 0.4) is 0 Å². The van der Waals surface area contributed by atoms with Gasteiger partial charge in [-0.15, -0.1) is 0 Å². The van der Waals surface area contributed by atoms with Gasteiger partial charge in [-0.1, -0.05) is 30.3 Å². The fraction of sp³-hybridized carbons (Fsp3) is 0.0625. The second kappa shape index (κ2) is 4.74. The summed E-state index contributed by atoms with van der Waals surface area (Å²) >= 11 is 0. The Labute approximate surface area is 115 Å². The summed E-state index contributed by atoms with van der Waals surface area (Å²) < 4.78 is 5.22. The van der Waals surface area contributed by atoms with E-state index in [0.29, 0.717) is 23.0 Å². The molecule has 0 amide bonds. The molecule has 4 heteroatoms. The average molecular weight is 267 g/mol. The fourth-order valence-corrected chi connectivity index (χ4v) is 2.25. The van der Waals surface area contributed by atoms with E-state index in [2.05, 4.69) is 0 Å². The van der Waals surface area contributed by atoms with E-state index < -0.39 is 0 Å². The van der Waals surface area contributed by atoms with Crippen LogP contribution in [0.2, 0.25) is 0 Å². The number of aromatic hydroxyl groups is 2. The maximum absolute atomic E-state index is 9.88. The van der Waals surface area contributed by atoms with Gasteiger partial charge in [0.1, 0.15) is 11.3 Å². The van der Waals surface area contributed by atoms with Gasteiger partial charge in [-0.25, -0.2) is 0 Å². The Morgan fingerprint density at radius 1 is 1.05 bits per heavy atom. The zero-order valence-electron chi connectivity index (χ0n) is 10.6. The molecule has 0 radical (unpaired) electrons. The lowest BCUT2D eigenvalue weighted by Crippen LogP contribution is -2.03. The minimum absolute atomic E-state index is 0.0760. The molecular weight excluding hydrogens is 254 g/mol. The predicted octanol–water partition coefficient (Wildman–Crippen LogP) is 3.45. The van der Waals surface area contributed by atoms with Crippen LogP contribution in [0.25, 0.3) is 11.0 Å². The highest BCUT2D eigenvalue weighted by Gasteiger charge is 2.18. The molecule has 0 aliphatic carbocycles. The Morgan fingerprint density at radius 3 is 2.55 bits per heavy atom. The molecule has 0 saturated heterocycles. The van der Waals surface area contributed by atoms with Crippen LogP contribution in [0.5, 0.6) is 11.7 Å². The summed E-state index contributed by atoms with van der Waals surface area (Å²) in [7, 11) is 0. The van der Waals surface area contributed by atoms with E-state index in [1.54, 1.807) is 6.07 Å². The Bertz CT molecular complexity index is 775. The van der Waals surface area contributed by atoms with Crippen molar-refractivity contribution < 1.29 is 14.6 Å². The van der Waals surface area contributed by atoms with Crippen molar-refractivity contribution in [1.29, 1.82) is 5.41 Å². The third-order valence-electron chi connectivity index (χ3n) is 3.18. The summed E-state index contributed by atoms with van der Waals surface area (Å²) in [5, 5.41) is 28.1. The van der Waals surface area contributed by atoms with Crippen molar-refractivity contribution in [1.82, 2.24) is 0 Å². The Morgan fingerprint density at radius 2 is 1.80 bits per heavy atom. The number of nitrogens with one attached hydrogen (secondary N) is 1.